The molecule has 6 aliphatic heterocycles. The topological polar surface area (TPSA) is 179 Å². The number of pyridine rings is 2. The summed E-state index contributed by atoms with van der Waals surface area (Å²) in [5.41, 5.74) is 4.76. The highest BCUT2D eigenvalue weighted by molar-refractivity contribution is 8.13. The molecule has 286 valence electrons. The maximum atomic E-state index is 12.8. The number of carbonyl (C=O) groups is 1. The number of amides is 1. The number of ether oxygens (including phenoxy) is 5. The van der Waals surface area contributed by atoms with Crippen molar-refractivity contribution in [3.63, 3.8) is 0 Å². The smallest absolute Gasteiger partial charge is 0.410 e. The van der Waals surface area contributed by atoms with Crippen LogP contribution in [-0.4, -0.2) is 138 Å². The summed E-state index contributed by atoms with van der Waals surface area (Å²) >= 11 is 0. The summed E-state index contributed by atoms with van der Waals surface area (Å²) < 4.78 is 75.3. The van der Waals surface area contributed by atoms with Crippen molar-refractivity contribution in [1.82, 2.24) is 29.4 Å². The van der Waals surface area contributed by atoms with Gasteiger partial charge >= 0.3 is 6.09 Å². The number of hydrogen-bond acceptors (Lipinski definition) is 14. The standard InChI is InChI=1S/C14H17N3O4S.C11H18N2O2.C7H6ClNO4S.CH4/c1-16-6-10-8-17(9-11(10)7-16)22(18,19)12-4-13-14(15-5-12)21-3-2-20-13;1-11(2,3)15-10(14)13-6-8-4-12-5-9(8)7-13;8-14(10,11)5-3-6-7(9-4-5)13-2-1-12-6;/h4-5H,2-3,6-9H2,1H3;12H,4-7H2,1-3H3;3-4H,1-2H2;1H4. The summed E-state index contributed by atoms with van der Waals surface area (Å²) in [5, 5.41) is 3.28. The number of nitrogens with one attached hydrogen (secondary N) is 1. The van der Waals surface area contributed by atoms with Gasteiger partial charge in [-0.15, -0.1) is 0 Å². The summed E-state index contributed by atoms with van der Waals surface area (Å²) in [5.74, 6) is 1.35. The molecular formula is C33H45ClN6O10S2. The molecule has 1 amide bonds. The number of hydrogen-bond donors (Lipinski definition) is 1. The molecule has 1 N–H and O–H groups in total. The van der Waals surface area contributed by atoms with Crippen molar-refractivity contribution in [3.05, 3.63) is 46.8 Å². The van der Waals surface area contributed by atoms with Gasteiger partial charge in [-0.25, -0.2) is 31.6 Å². The molecule has 19 heteroatoms. The monoisotopic (exact) mass is 784 g/mol. The van der Waals surface area contributed by atoms with Crippen LogP contribution in [0.25, 0.3) is 0 Å². The predicted molar refractivity (Wildman–Crippen MR) is 191 cm³/mol. The quantitative estimate of drug-likeness (QED) is 0.355. The van der Waals surface area contributed by atoms with Gasteiger partial charge in [-0.05, 0) is 50.1 Å². The first-order valence-electron chi connectivity index (χ1n) is 16.3. The minimum Gasteiger partial charge on any atom is -0.484 e. The molecule has 0 aliphatic carbocycles. The second kappa shape index (κ2) is 15.7. The Morgan fingerprint density at radius 3 is 1.75 bits per heavy atom. The zero-order valence-electron chi connectivity index (χ0n) is 28.8. The normalized spacial score (nSPS) is 19.5. The molecular weight excluding hydrogens is 740 g/mol. The number of likely N-dealkylation sites (N-methyl/N-ethyl adjacent to an activating group) is 1. The SMILES string of the molecule is C.CC(C)(C)OC(=O)N1CC2=C(CNC2)C1.CN1CC2=C(C1)CN(S(=O)(=O)c1cnc3c(c1)OCCO3)C2.O=S(=O)(Cl)c1cnc2c(c1)OCCO2. The number of rotatable bonds is 3. The van der Waals surface area contributed by atoms with E-state index in [9.17, 15) is 21.6 Å². The van der Waals surface area contributed by atoms with Crippen molar-refractivity contribution in [2.75, 3.05) is 85.8 Å². The fourth-order valence-electron chi connectivity index (χ4n) is 6.08. The van der Waals surface area contributed by atoms with Gasteiger partial charge in [-0.2, -0.15) is 4.31 Å². The van der Waals surface area contributed by atoms with Crippen molar-refractivity contribution >= 4 is 35.8 Å². The molecule has 0 atom stereocenters. The zero-order chi connectivity index (χ0) is 36.6. The summed E-state index contributed by atoms with van der Waals surface area (Å²) in [6, 6.07) is 2.80. The lowest BCUT2D eigenvalue weighted by Gasteiger charge is -2.25. The van der Waals surface area contributed by atoms with Gasteiger partial charge in [0.25, 0.3) is 20.8 Å². The van der Waals surface area contributed by atoms with Crippen molar-refractivity contribution in [2.24, 2.45) is 0 Å². The molecule has 0 spiro atoms. The van der Waals surface area contributed by atoms with E-state index in [-0.39, 0.29) is 23.3 Å². The second-order valence-electron chi connectivity index (χ2n) is 13.6. The fraction of sp³-hybridized carbons (Fsp3) is 0.545. The number of fused-ring (bicyclic) bond motifs is 2. The molecule has 0 fully saturated rings. The molecule has 0 aromatic carbocycles. The Bertz CT molecular complexity index is 1930. The molecule has 6 aliphatic rings. The minimum absolute atomic E-state index is 0. The average Bonchev–Trinajstić information content (AvgIpc) is 3.85. The van der Waals surface area contributed by atoms with E-state index in [0.29, 0.717) is 62.8 Å². The van der Waals surface area contributed by atoms with Crippen LogP contribution in [0, 0.1) is 0 Å². The number of nitrogens with zero attached hydrogens (tertiary/aromatic N) is 5. The Morgan fingerprint density at radius 1 is 0.769 bits per heavy atom. The Labute approximate surface area is 309 Å². The van der Waals surface area contributed by atoms with Crippen molar-refractivity contribution in [2.45, 2.75) is 43.6 Å². The van der Waals surface area contributed by atoms with Crippen molar-refractivity contribution < 1.29 is 45.3 Å². The van der Waals surface area contributed by atoms with Gasteiger partial charge < -0.3 is 33.9 Å². The largest absolute Gasteiger partial charge is 0.484 e. The summed E-state index contributed by atoms with van der Waals surface area (Å²) in [6.45, 7) is 13.3. The maximum absolute atomic E-state index is 12.8. The third kappa shape index (κ3) is 9.27. The Morgan fingerprint density at radius 2 is 1.25 bits per heavy atom. The Balaban J connectivity index is 0.000000155. The van der Waals surface area contributed by atoms with Gasteiger partial charge in [0, 0.05) is 75.2 Å². The average molecular weight is 785 g/mol. The van der Waals surface area contributed by atoms with Gasteiger partial charge in [0.15, 0.2) is 11.5 Å². The van der Waals surface area contributed by atoms with E-state index in [2.05, 4.69) is 20.2 Å². The lowest BCUT2D eigenvalue weighted by Crippen LogP contribution is -2.37. The van der Waals surface area contributed by atoms with Crippen LogP contribution in [0.3, 0.4) is 0 Å². The first kappa shape index (κ1) is 39.5. The van der Waals surface area contributed by atoms with Crippen LogP contribution in [0.2, 0.25) is 0 Å². The molecule has 8 rings (SSSR count). The number of sulfonamides is 1. The third-order valence-corrected chi connectivity index (χ3v) is 11.5. The van der Waals surface area contributed by atoms with E-state index in [1.54, 1.807) is 4.90 Å². The predicted octanol–water partition coefficient (Wildman–Crippen LogP) is 2.65. The van der Waals surface area contributed by atoms with Gasteiger partial charge in [-0.1, -0.05) is 7.43 Å². The highest BCUT2D eigenvalue weighted by Gasteiger charge is 2.36. The third-order valence-electron chi connectivity index (χ3n) is 8.41. The minimum atomic E-state index is -3.76. The molecule has 0 bridgehead atoms. The molecule has 2 aromatic rings. The molecule has 8 heterocycles. The number of halogens is 1. The van der Waals surface area contributed by atoms with E-state index in [1.165, 1.54) is 44.9 Å². The van der Waals surface area contributed by atoms with Crippen LogP contribution in [0.4, 0.5) is 4.79 Å². The Hall–Kier alpha value is -3.68. The van der Waals surface area contributed by atoms with Crippen molar-refractivity contribution in [1.29, 1.82) is 0 Å². The van der Waals surface area contributed by atoms with Crippen LogP contribution in [0.5, 0.6) is 23.3 Å². The van der Waals surface area contributed by atoms with Gasteiger partial charge in [0.1, 0.15) is 41.8 Å². The second-order valence-corrected chi connectivity index (χ2v) is 18.1. The van der Waals surface area contributed by atoms with E-state index in [1.807, 2.05) is 27.8 Å². The van der Waals surface area contributed by atoms with E-state index < -0.39 is 24.7 Å². The molecule has 0 saturated carbocycles. The fourth-order valence-corrected chi connectivity index (χ4v) is 8.15. The highest BCUT2D eigenvalue weighted by atomic mass is 35.7. The number of carbonyl (C=O) groups excluding carboxylic acids is 1. The lowest BCUT2D eigenvalue weighted by atomic mass is 10.2. The molecule has 16 nitrogen and oxygen atoms in total. The van der Waals surface area contributed by atoms with E-state index in [0.717, 1.165) is 45.5 Å². The van der Waals surface area contributed by atoms with Crippen LogP contribution in [0.1, 0.15) is 28.2 Å². The molecule has 0 unspecified atom stereocenters. The molecule has 52 heavy (non-hydrogen) atoms. The van der Waals surface area contributed by atoms with Crippen LogP contribution < -0.4 is 24.3 Å². The van der Waals surface area contributed by atoms with Gasteiger partial charge in [0.05, 0.1) is 12.4 Å². The van der Waals surface area contributed by atoms with Crippen LogP contribution in [0.15, 0.2) is 56.6 Å². The number of aromatic nitrogens is 2. The van der Waals surface area contributed by atoms with Crippen LogP contribution in [-0.2, 0) is 23.8 Å². The first-order chi connectivity index (χ1) is 24.1. The summed E-state index contributed by atoms with van der Waals surface area (Å²) in [6.07, 6.45) is 2.28. The summed E-state index contributed by atoms with van der Waals surface area (Å²) in [4.78, 5) is 23.6. The van der Waals surface area contributed by atoms with Crippen LogP contribution >= 0.6 is 10.7 Å². The lowest BCUT2D eigenvalue weighted by molar-refractivity contribution is 0.0297. The van der Waals surface area contributed by atoms with Gasteiger partial charge in [0.2, 0.25) is 10.0 Å². The van der Waals surface area contributed by atoms with Gasteiger partial charge in [-0.3, -0.25) is 4.90 Å². The maximum Gasteiger partial charge on any atom is 0.410 e. The molecule has 2 aromatic heterocycles. The zero-order valence-corrected chi connectivity index (χ0v) is 31.2. The van der Waals surface area contributed by atoms with Crippen molar-refractivity contribution in [3.8, 4) is 23.3 Å². The molecule has 0 saturated heterocycles. The van der Waals surface area contributed by atoms with E-state index >= 15 is 0 Å². The highest BCUT2D eigenvalue weighted by Crippen LogP contribution is 2.34. The summed E-state index contributed by atoms with van der Waals surface area (Å²) in [7, 11) is -0.138. The van der Waals surface area contributed by atoms with E-state index in [4.69, 9.17) is 34.4 Å². The Kier molecular flexibility index (Phi) is 12.0. The molecule has 0 radical (unpaired) electrons. The first-order valence-corrected chi connectivity index (χ1v) is 20.0.